The highest BCUT2D eigenvalue weighted by atomic mass is 32.2. The van der Waals surface area contributed by atoms with Crippen LogP contribution in [-0.2, 0) is 21.4 Å². The number of furan rings is 1. The van der Waals surface area contributed by atoms with Crippen LogP contribution >= 0.6 is 11.3 Å². The number of sulfonamides is 1. The fourth-order valence-corrected chi connectivity index (χ4v) is 3.44. The Balaban J connectivity index is 2.08. The fourth-order valence-electron chi connectivity index (χ4n) is 1.46. The molecule has 0 atom stereocenters. The van der Waals surface area contributed by atoms with Gasteiger partial charge in [-0.15, -0.1) is 11.3 Å². The molecule has 0 spiro atoms. The standard InChI is InChI=1S/C11H13N3O5S2/c12-5-7-1-2-9(19-7)8-6-20-11(13-8)14-21(17,18)4-3-10(15)16/h1-2,6H,3-5,12H2,(H,13,14)(H,15,16). The summed E-state index contributed by atoms with van der Waals surface area (Å²) in [7, 11) is -3.73. The Bertz CT molecular complexity index is 735. The van der Waals surface area contributed by atoms with Crippen molar-refractivity contribution < 1.29 is 22.7 Å². The molecule has 2 aromatic heterocycles. The van der Waals surface area contributed by atoms with Crippen molar-refractivity contribution in [1.29, 1.82) is 0 Å². The van der Waals surface area contributed by atoms with Gasteiger partial charge in [-0.2, -0.15) is 0 Å². The van der Waals surface area contributed by atoms with Gasteiger partial charge < -0.3 is 15.3 Å². The molecule has 0 amide bonds. The van der Waals surface area contributed by atoms with Gasteiger partial charge in [0.1, 0.15) is 11.5 Å². The predicted octanol–water partition coefficient (Wildman–Crippen LogP) is 1.08. The lowest BCUT2D eigenvalue weighted by molar-refractivity contribution is -0.136. The molecule has 21 heavy (non-hydrogen) atoms. The first-order chi connectivity index (χ1) is 9.89. The molecule has 2 heterocycles. The van der Waals surface area contributed by atoms with Gasteiger partial charge in [-0.1, -0.05) is 0 Å². The van der Waals surface area contributed by atoms with Crippen molar-refractivity contribution in [2.24, 2.45) is 5.73 Å². The van der Waals surface area contributed by atoms with Gasteiger partial charge in [0.2, 0.25) is 10.0 Å². The van der Waals surface area contributed by atoms with Gasteiger partial charge in [0.25, 0.3) is 0 Å². The van der Waals surface area contributed by atoms with Crippen LogP contribution in [0.15, 0.2) is 21.9 Å². The molecule has 2 aromatic rings. The molecule has 0 radical (unpaired) electrons. The quantitative estimate of drug-likeness (QED) is 0.690. The molecule has 2 rings (SSSR count). The van der Waals surface area contributed by atoms with Crippen LogP contribution in [0.3, 0.4) is 0 Å². The number of nitrogens with one attached hydrogen (secondary N) is 1. The second-order valence-corrected chi connectivity index (χ2v) is 6.77. The van der Waals surface area contributed by atoms with Crippen molar-refractivity contribution >= 4 is 32.5 Å². The summed E-state index contributed by atoms with van der Waals surface area (Å²) in [5, 5.41) is 10.3. The van der Waals surface area contributed by atoms with E-state index in [4.69, 9.17) is 15.3 Å². The van der Waals surface area contributed by atoms with Crippen LogP contribution < -0.4 is 10.5 Å². The maximum atomic E-state index is 11.7. The summed E-state index contributed by atoms with van der Waals surface area (Å²) >= 11 is 1.08. The molecule has 0 aromatic carbocycles. The number of aromatic nitrogens is 1. The molecule has 0 unspecified atom stereocenters. The number of thiazole rings is 1. The minimum atomic E-state index is -3.73. The van der Waals surface area contributed by atoms with Gasteiger partial charge in [0.05, 0.1) is 18.7 Å². The van der Waals surface area contributed by atoms with Gasteiger partial charge in [-0.3, -0.25) is 9.52 Å². The Labute approximate surface area is 124 Å². The van der Waals surface area contributed by atoms with Crippen LogP contribution in [0.1, 0.15) is 12.2 Å². The average Bonchev–Trinajstić information content (AvgIpc) is 3.04. The van der Waals surface area contributed by atoms with Crippen molar-refractivity contribution in [3.8, 4) is 11.5 Å². The highest BCUT2D eigenvalue weighted by Crippen LogP contribution is 2.27. The second kappa shape index (κ2) is 6.24. The van der Waals surface area contributed by atoms with Gasteiger partial charge in [0.15, 0.2) is 10.9 Å². The molecule has 0 aliphatic carbocycles. The molecule has 0 aliphatic heterocycles. The zero-order valence-corrected chi connectivity index (χ0v) is 12.4. The molecule has 10 heteroatoms. The Kier molecular flexibility index (Phi) is 4.60. The molecule has 4 N–H and O–H groups in total. The van der Waals surface area contributed by atoms with Gasteiger partial charge in [0, 0.05) is 5.38 Å². The Morgan fingerprint density at radius 3 is 2.86 bits per heavy atom. The highest BCUT2D eigenvalue weighted by Gasteiger charge is 2.16. The smallest absolute Gasteiger partial charge is 0.304 e. The molecule has 0 aliphatic rings. The monoisotopic (exact) mass is 331 g/mol. The van der Waals surface area contributed by atoms with E-state index in [-0.39, 0.29) is 11.7 Å². The van der Waals surface area contributed by atoms with Crippen LogP contribution in [0.2, 0.25) is 0 Å². The third-order valence-electron chi connectivity index (χ3n) is 2.45. The van der Waals surface area contributed by atoms with Crippen molar-refractivity contribution in [1.82, 2.24) is 4.98 Å². The first-order valence-corrected chi connectivity index (χ1v) is 8.40. The topological polar surface area (TPSA) is 136 Å². The number of hydrogen-bond acceptors (Lipinski definition) is 7. The lowest BCUT2D eigenvalue weighted by Crippen LogP contribution is -2.18. The maximum Gasteiger partial charge on any atom is 0.304 e. The second-order valence-electron chi connectivity index (χ2n) is 4.07. The predicted molar refractivity (Wildman–Crippen MR) is 77.4 cm³/mol. The summed E-state index contributed by atoms with van der Waals surface area (Å²) in [4.78, 5) is 14.5. The number of hydrogen-bond donors (Lipinski definition) is 3. The molecule has 0 saturated heterocycles. The van der Waals surface area contributed by atoms with Crippen LogP contribution in [0.5, 0.6) is 0 Å². The fraction of sp³-hybridized carbons (Fsp3) is 0.273. The molecule has 0 fully saturated rings. The van der Waals surface area contributed by atoms with E-state index in [9.17, 15) is 13.2 Å². The van der Waals surface area contributed by atoms with Crippen LogP contribution in [0.4, 0.5) is 5.13 Å². The van der Waals surface area contributed by atoms with Gasteiger partial charge in [-0.25, -0.2) is 13.4 Å². The summed E-state index contributed by atoms with van der Waals surface area (Å²) in [5.74, 6) is -0.593. The summed E-state index contributed by atoms with van der Waals surface area (Å²) in [6.07, 6.45) is -0.467. The Morgan fingerprint density at radius 1 is 1.48 bits per heavy atom. The average molecular weight is 331 g/mol. The minimum absolute atomic E-state index is 0.154. The van der Waals surface area contributed by atoms with E-state index < -0.39 is 28.2 Å². The minimum Gasteiger partial charge on any atom is -0.481 e. The zero-order valence-electron chi connectivity index (χ0n) is 10.8. The number of nitrogens with two attached hydrogens (primary N) is 1. The molecule has 0 bridgehead atoms. The number of aliphatic carboxylic acids is 1. The lowest BCUT2D eigenvalue weighted by Gasteiger charge is -2.02. The molecular weight excluding hydrogens is 318 g/mol. The summed E-state index contributed by atoms with van der Waals surface area (Å²) in [5.41, 5.74) is 5.92. The lowest BCUT2D eigenvalue weighted by atomic mass is 10.3. The number of rotatable bonds is 7. The molecule has 0 saturated carbocycles. The van der Waals surface area contributed by atoms with E-state index in [2.05, 4.69) is 9.71 Å². The van der Waals surface area contributed by atoms with Gasteiger partial charge >= 0.3 is 5.97 Å². The van der Waals surface area contributed by atoms with E-state index >= 15 is 0 Å². The highest BCUT2D eigenvalue weighted by molar-refractivity contribution is 7.92. The van der Waals surface area contributed by atoms with E-state index in [1.807, 2.05) is 0 Å². The maximum absolute atomic E-state index is 11.7. The first kappa shape index (κ1) is 15.5. The number of nitrogens with zero attached hydrogens (tertiary/aromatic N) is 1. The van der Waals surface area contributed by atoms with E-state index in [0.29, 0.717) is 17.2 Å². The van der Waals surface area contributed by atoms with Gasteiger partial charge in [-0.05, 0) is 12.1 Å². The van der Waals surface area contributed by atoms with Crippen LogP contribution in [0.25, 0.3) is 11.5 Å². The number of carboxylic acids is 1. The van der Waals surface area contributed by atoms with Crippen LogP contribution in [0, 0.1) is 0 Å². The SMILES string of the molecule is NCc1ccc(-c2csc(NS(=O)(=O)CCC(=O)O)n2)o1. The first-order valence-electron chi connectivity index (χ1n) is 5.86. The van der Waals surface area contributed by atoms with Crippen molar-refractivity contribution in [3.05, 3.63) is 23.3 Å². The van der Waals surface area contributed by atoms with E-state index in [0.717, 1.165) is 11.3 Å². The van der Waals surface area contributed by atoms with Crippen LogP contribution in [-0.4, -0.2) is 30.2 Å². The molecule has 8 nitrogen and oxygen atoms in total. The summed E-state index contributed by atoms with van der Waals surface area (Å²) in [6.45, 7) is 0.263. The van der Waals surface area contributed by atoms with Crippen molar-refractivity contribution in [3.63, 3.8) is 0 Å². The third kappa shape index (κ3) is 4.28. The normalized spacial score (nSPS) is 11.5. The van der Waals surface area contributed by atoms with Crippen molar-refractivity contribution in [2.45, 2.75) is 13.0 Å². The zero-order chi connectivity index (χ0) is 15.5. The Hall–Kier alpha value is -1.91. The van der Waals surface area contributed by atoms with E-state index in [1.54, 1.807) is 17.5 Å². The molecular formula is C11H13N3O5S2. The van der Waals surface area contributed by atoms with Crippen molar-refractivity contribution in [2.75, 3.05) is 10.5 Å². The number of carboxylic acid groups (broad SMARTS) is 1. The third-order valence-corrected chi connectivity index (χ3v) is 4.58. The number of anilines is 1. The molecule has 114 valence electrons. The summed E-state index contributed by atoms with van der Waals surface area (Å²) < 4.78 is 30.9. The number of carbonyl (C=O) groups is 1. The summed E-state index contributed by atoms with van der Waals surface area (Å²) in [6, 6.07) is 3.41. The Morgan fingerprint density at radius 2 is 2.24 bits per heavy atom. The largest absolute Gasteiger partial charge is 0.481 e. The van der Waals surface area contributed by atoms with E-state index in [1.165, 1.54) is 0 Å².